The molecule has 154 valence electrons. The Kier molecular flexibility index (Phi) is 4.42. The largest absolute Gasteiger partial charge is 0.361 e. The summed E-state index contributed by atoms with van der Waals surface area (Å²) in [5, 5.41) is 1.19. The van der Waals surface area contributed by atoms with Gasteiger partial charge in [-0.3, -0.25) is 9.59 Å². The van der Waals surface area contributed by atoms with Crippen LogP contribution in [0.5, 0.6) is 0 Å². The van der Waals surface area contributed by atoms with Crippen LogP contribution in [0.4, 0.5) is 0 Å². The zero-order valence-corrected chi connectivity index (χ0v) is 17.6. The van der Waals surface area contributed by atoms with Crippen LogP contribution < -0.4 is 0 Å². The lowest BCUT2D eigenvalue weighted by molar-refractivity contribution is -0.137. The van der Waals surface area contributed by atoms with Gasteiger partial charge in [0.15, 0.2) is 0 Å². The molecule has 1 aliphatic carbocycles. The van der Waals surface area contributed by atoms with Crippen molar-refractivity contribution in [2.45, 2.75) is 26.7 Å². The zero-order valence-electron chi connectivity index (χ0n) is 17.6. The molecule has 30 heavy (non-hydrogen) atoms. The van der Waals surface area contributed by atoms with E-state index in [0.29, 0.717) is 31.7 Å². The average molecular weight is 402 g/mol. The second kappa shape index (κ2) is 7.01. The third kappa shape index (κ3) is 3.28. The molecule has 1 aromatic heterocycles. The van der Waals surface area contributed by atoms with E-state index in [9.17, 15) is 9.59 Å². The number of nitrogens with one attached hydrogen (secondary N) is 1. The number of rotatable bonds is 3. The van der Waals surface area contributed by atoms with Crippen LogP contribution in [0.15, 0.2) is 48.7 Å². The lowest BCUT2D eigenvalue weighted by atomic mass is 10.0. The van der Waals surface area contributed by atoms with E-state index in [1.807, 2.05) is 47.2 Å². The van der Waals surface area contributed by atoms with Gasteiger partial charge in [-0.1, -0.05) is 30.7 Å². The number of amides is 2. The van der Waals surface area contributed by atoms with Crippen molar-refractivity contribution in [3.05, 3.63) is 59.8 Å². The lowest BCUT2D eigenvalue weighted by Crippen LogP contribution is -2.52. The number of carbonyl (C=O) groups excluding carboxylic acids is 2. The van der Waals surface area contributed by atoms with Gasteiger partial charge in [-0.15, -0.1) is 0 Å². The van der Waals surface area contributed by atoms with Gasteiger partial charge in [0.25, 0.3) is 5.91 Å². The maximum Gasteiger partial charge on any atom is 0.253 e. The number of aromatic nitrogens is 1. The number of aryl methyl sites for hydroxylation is 1. The van der Waals surface area contributed by atoms with Crippen LogP contribution >= 0.6 is 0 Å². The van der Waals surface area contributed by atoms with Gasteiger partial charge in [-0.2, -0.15) is 0 Å². The molecule has 0 unspecified atom stereocenters. The molecular formula is C25H27N3O2. The maximum absolute atomic E-state index is 13.0. The van der Waals surface area contributed by atoms with Crippen molar-refractivity contribution in [1.82, 2.24) is 14.8 Å². The molecule has 0 bridgehead atoms. The second-order valence-corrected chi connectivity index (χ2v) is 8.97. The van der Waals surface area contributed by atoms with Crippen molar-refractivity contribution in [3.63, 3.8) is 0 Å². The molecule has 3 aromatic rings. The predicted molar refractivity (Wildman–Crippen MR) is 118 cm³/mol. The first-order valence-corrected chi connectivity index (χ1v) is 10.7. The quantitative estimate of drug-likeness (QED) is 0.714. The van der Waals surface area contributed by atoms with Gasteiger partial charge in [0.05, 0.1) is 0 Å². The number of hydrogen-bond donors (Lipinski definition) is 1. The topological polar surface area (TPSA) is 56.4 Å². The highest BCUT2D eigenvalue weighted by atomic mass is 16.2. The van der Waals surface area contributed by atoms with Crippen LogP contribution in [0, 0.1) is 12.3 Å². The molecule has 2 aliphatic rings. The van der Waals surface area contributed by atoms with Gasteiger partial charge in [-0.25, -0.2) is 0 Å². The van der Waals surface area contributed by atoms with Gasteiger partial charge >= 0.3 is 0 Å². The summed E-state index contributed by atoms with van der Waals surface area (Å²) in [4.78, 5) is 32.6. The Bertz CT molecular complexity index is 1120. The Labute approximate surface area is 176 Å². The monoisotopic (exact) mass is 401 g/mol. The van der Waals surface area contributed by atoms with E-state index in [1.165, 1.54) is 10.9 Å². The Hall–Kier alpha value is -3.08. The van der Waals surface area contributed by atoms with Crippen molar-refractivity contribution in [2.24, 2.45) is 5.41 Å². The fourth-order valence-corrected chi connectivity index (χ4v) is 4.34. The normalized spacial score (nSPS) is 17.9. The molecular weight excluding hydrogens is 374 g/mol. The van der Waals surface area contributed by atoms with E-state index in [1.54, 1.807) is 0 Å². The van der Waals surface area contributed by atoms with Crippen LogP contribution in [-0.4, -0.2) is 52.8 Å². The molecule has 1 N–H and O–H groups in total. The highest BCUT2D eigenvalue weighted by Crippen LogP contribution is 2.46. The fourth-order valence-electron chi connectivity index (χ4n) is 4.34. The summed E-state index contributed by atoms with van der Waals surface area (Å²) < 4.78 is 0. The summed E-state index contributed by atoms with van der Waals surface area (Å²) in [7, 11) is 0. The molecule has 1 saturated carbocycles. The molecule has 1 aliphatic heterocycles. The molecule has 5 nitrogen and oxygen atoms in total. The van der Waals surface area contributed by atoms with E-state index in [2.05, 4.69) is 30.1 Å². The smallest absolute Gasteiger partial charge is 0.253 e. The standard InChI is InChI=1S/C25H27N3O2/c1-17-3-8-22-20(15-17)21(16-26-22)18-4-6-19(7-5-18)23(29)27-11-13-28(14-12-27)24(30)25(2)9-10-25/h3-8,15-16,26H,9-14H2,1-2H3. The van der Waals surface area contributed by atoms with Crippen molar-refractivity contribution in [2.75, 3.05) is 26.2 Å². The third-order valence-corrected chi connectivity index (χ3v) is 6.65. The number of piperazine rings is 1. The summed E-state index contributed by atoms with van der Waals surface area (Å²) in [6.07, 6.45) is 4.01. The highest BCUT2D eigenvalue weighted by molar-refractivity contribution is 5.98. The minimum atomic E-state index is -0.136. The SMILES string of the molecule is Cc1ccc2[nH]cc(-c3ccc(C(=O)N4CCN(C(=O)C5(C)CC5)CC4)cc3)c2c1. The zero-order chi connectivity index (χ0) is 20.9. The summed E-state index contributed by atoms with van der Waals surface area (Å²) in [6.45, 7) is 6.61. The first kappa shape index (κ1) is 18.9. The Morgan fingerprint density at radius 3 is 2.27 bits per heavy atom. The Morgan fingerprint density at radius 1 is 0.933 bits per heavy atom. The first-order chi connectivity index (χ1) is 14.4. The molecule has 2 aromatic carbocycles. The van der Waals surface area contributed by atoms with Gasteiger partial charge < -0.3 is 14.8 Å². The first-order valence-electron chi connectivity index (χ1n) is 10.7. The Balaban J connectivity index is 1.28. The summed E-state index contributed by atoms with van der Waals surface area (Å²) in [6, 6.07) is 14.2. The molecule has 2 amide bonds. The van der Waals surface area contributed by atoms with Crippen molar-refractivity contribution in [1.29, 1.82) is 0 Å². The highest BCUT2D eigenvalue weighted by Gasteiger charge is 2.47. The number of carbonyl (C=O) groups is 2. The average Bonchev–Trinajstić information content (AvgIpc) is 3.39. The molecule has 0 spiro atoms. The van der Waals surface area contributed by atoms with Crippen LogP contribution in [0.2, 0.25) is 0 Å². The molecule has 5 rings (SSSR count). The second-order valence-electron chi connectivity index (χ2n) is 8.97. The molecule has 0 atom stereocenters. The minimum absolute atomic E-state index is 0.0426. The molecule has 2 fully saturated rings. The molecule has 0 radical (unpaired) electrons. The number of hydrogen-bond acceptors (Lipinski definition) is 2. The summed E-state index contributed by atoms with van der Waals surface area (Å²) in [5.74, 6) is 0.300. The van der Waals surface area contributed by atoms with Crippen molar-refractivity contribution in [3.8, 4) is 11.1 Å². The fraction of sp³-hybridized carbons (Fsp3) is 0.360. The number of aromatic amines is 1. The lowest BCUT2D eigenvalue weighted by Gasteiger charge is -2.36. The molecule has 5 heteroatoms. The number of benzene rings is 2. The van der Waals surface area contributed by atoms with E-state index in [-0.39, 0.29) is 17.2 Å². The predicted octanol–water partition coefficient (Wildman–Crippen LogP) is 4.23. The molecule has 1 saturated heterocycles. The van der Waals surface area contributed by atoms with Crippen molar-refractivity contribution >= 4 is 22.7 Å². The number of fused-ring (bicyclic) bond motifs is 1. The van der Waals surface area contributed by atoms with E-state index >= 15 is 0 Å². The Morgan fingerprint density at radius 2 is 1.60 bits per heavy atom. The van der Waals surface area contributed by atoms with Gasteiger partial charge in [0.1, 0.15) is 0 Å². The van der Waals surface area contributed by atoms with Crippen LogP contribution in [0.25, 0.3) is 22.0 Å². The van der Waals surface area contributed by atoms with Crippen LogP contribution in [0.3, 0.4) is 0 Å². The van der Waals surface area contributed by atoms with E-state index in [4.69, 9.17) is 0 Å². The third-order valence-electron chi connectivity index (χ3n) is 6.65. The minimum Gasteiger partial charge on any atom is -0.361 e. The van der Waals surface area contributed by atoms with Gasteiger partial charge in [0.2, 0.25) is 5.91 Å². The summed E-state index contributed by atoms with van der Waals surface area (Å²) in [5.41, 5.74) is 5.14. The summed E-state index contributed by atoms with van der Waals surface area (Å²) >= 11 is 0. The van der Waals surface area contributed by atoms with Crippen LogP contribution in [0.1, 0.15) is 35.7 Å². The van der Waals surface area contributed by atoms with E-state index in [0.717, 1.165) is 29.5 Å². The van der Waals surface area contributed by atoms with Crippen molar-refractivity contribution < 1.29 is 9.59 Å². The molecule has 2 heterocycles. The number of nitrogens with zero attached hydrogens (tertiary/aromatic N) is 2. The van der Waals surface area contributed by atoms with Gasteiger partial charge in [0, 0.05) is 59.8 Å². The van der Waals surface area contributed by atoms with E-state index < -0.39 is 0 Å². The van der Waals surface area contributed by atoms with Gasteiger partial charge in [-0.05, 0) is 49.6 Å². The van der Waals surface area contributed by atoms with Crippen LogP contribution in [-0.2, 0) is 4.79 Å². The maximum atomic E-state index is 13.0. The number of H-pyrrole nitrogens is 1.